The van der Waals surface area contributed by atoms with Gasteiger partial charge in [-0.3, -0.25) is 14.5 Å². The minimum atomic E-state index is -0.117. The molecule has 3 aromatic rings. The summed E-state index contributed by atoms with van der Waals surface area (Å²) in [5.41, 5.74) is 3.55. The molecule has 0 bridgehead atoms. The molecule has 3 rings (SSSR count). The van der Waals surface area contributed by atoms with E-state index in [1.165, 1.54) is 11.3 Å². The van der Waals surface area contributed by atoms with Gasteiger partial charge in [-0.2, -0.15) is 5.10 Å². The number of aromatic nitrogens is 4. The average Bonchev–Trinajstić information content (AvgIpc) is 3.08. The third kappa shape index (κ3) is 3.29. The van der Waals surface area contributed by atoms with Crippen LogP contribution in [-0.4, -0.2) is 25.7 Å². The second-order valence-electron chi connectivity index (χ2n) is 5.26. The molecule has 6 nitrogen and oxygen atoms in total. The van der Waals surface area contributed by atoms with Crippen LogP contribution in [0.25, 0.3) is 10.6 Å². The number of hydrogen-bond acceptors (Lipinski definition) is 5. The van der Waals surface area contributed by atoms with Gasteiger partial charge < -0.3 is 5.32 Å². The smallest absolute Gasteiger partial charge is 0.263 e. The highest BCUT2D eigenvalue weighted by Crippen LogP contribution is 2.27. The predicted octanol–water partition coefficient (Wildman–Crippen LogP) is 2.49. The Kier molecular flexibility index (Phi) is 4.20. The van der Waals surface area contributed by atoms with Crippen LogP contribution >= 0.6 is 11.3 Å². The fourth-order valence-corrected chi connectivity index (χ4v) is 3.27. The summed E-state index contributed by atoms with van der Waals surface area (Å²) < 4.78 is 1.77. The Balaban J connectivity index is 1.75. The molecule has 3 heterocycles. The van der Waals surface area contributed by atoms with Crippen molar-refractivity contribution in [2.75, 3.05) is 0 Å². The first-order valence-corrected chi connectivity index (χ1v) is 8.02. The van der Waals surface area contributed by atoms with Gasteiger partial charge in [-0.15, -0.1) is 11.3 Å². The van der Waals surface area contributed by atoms with E-state index >= 15 is 0 Å². The summed E-state index contributed by atoms with van der Waals surface area (Å²) in [6.45, 7) is 4.22. The summed E-state index contributed by atoms with van der Waals surface area (Å²) in [5, 5.41) is 8.00. The van der Waals surface area contributed by atoms with Crippen molar-refractivity contribution in [1.82, 2.24) is 25.1 Å². The molecule has 23 heavy (non-hydrogen) atoms. The van der Waals surface area contributed by atoms with Crippen LogP contribution in [0.4, 0.5) is 0 Å². The van der Waals surface area contributed by atoms with Crippen molar-refractivity contribution in [3.05, 3.63) is 52.6 Å². The van der Waals surface area contributed by atoms with Crippen LogP contribution in [0.1, 0.15) is 26.8 Å². The molecular weight excluding hydrogens is 310 g/mol. The summed E-state index contributed by atoms with van der Waals surface area (Å²) in [6, 6.07) is 5.75. The maximum atomic E-state index is 12.4. The Bertz CT molecular complexity index is 838. The Morgan fingerprint density at radius 1 is 1.39 bits per heavy atom. The quantitative estimate of drug-likeness (QED) is 0.799. The lowest BCUT2D eigenvalue weighted by Crippen LogP contribution is -2.23. The van der Waals surface area contributed by atoms with E-state index in [2.05, 4.69) is 20.4 Å². The van der Waals surface area contributed by atoms with Crippen LogP contribution in [0.3, 0.4) is 0 Å². The van der Waals surface area contributed by atoms with Crippen molar-refractivity contribution in [3.8, 4) is 10.6 Å². The van der Waals surface area contributed by atoms with Gasteiger partial charge in [0.2, 0.25) is 0 Å². The molecular formula is C16H17N5OS. The van der Waals surface area contributed by atoms with Gasteiger partial charge in [0, 0.05) is 25.0 Å². The predicted molar refractivity (Wildman–Crippen MR) is 89.2 cm³/mol. The van der Waals surface area contributed by atoms with E-state index in [1.54, 1.807) is 17.1 Å². The molecule has 0 radical (unpaired) electrons. The van der Waals surface area contributed by atoms with Crippen LogP contribution in [0.15, 0.2) is 30.6 Å². The summed E-state index contributed by atoms with van der Waals surface area (Å²) in [7, 11) is 1.87. The number of pyridine rings is 1. The number of hydrogen-bond donors (Lipinski definition) is 1. The average molecular weight is 327 g/mol. The molecule has 3 aromatic heterocycles. The monoisotopic (exact) mass is 327 g/mol. The maximum absolute atomic E-state index is 12.4. The van der Waals surface area contributed by atoms with Crippen molar-refractivity contribution in [2.24, 2.45) is 7.05 Å². The number of carbonyl (C=O) groups is 1. The standard InChI is InChI=1S/C16H17N5OS/c1-10-7-13(21(3)20-10)9-18-15(22)14-11(2)19-16(23-14)12-5-4-6-17-8-12/h4-8H,9H2,1-3H3,(H,18,22). The molecule has 0 fully saturated rings. The Morgan fingerprint density at radius 2 is 2.22 bits per heavy atom. The van der Waals surface area contributed by atoms with Crippen molar-refractivity contribution >= 4 is 17.2 Å². The zero-order valence-electron chi connectivity index (χ0n) is 13.2. The summed E-state index contributed by atoms with van der Waals surface area (Å²) in [4.78, 5) is 21.6. The minimum absolute atomic E-state index is 0.117. The lowest BCUT2D eigenvalue weighted by molar-refractivity contribution is 0.0953. The van der Waals surface area contributed by atoms with Gasteiger partial charge >= 0.3 is 0 Å². The van der Waals surface area contributed by atoms with Gasteiger partial charge in [-0.1, -0.05) is 0 Å². The van der Waals surface area contributed by atoms with E-state index in [9.17, 15) is 4.79 Å². The lowest BCUT2D eigenvalue weighted by Gasteiger charge is -2.04. The zero-order valence-corrected chi connectivity index (χ0v) is 14.0. The molecule has 0 aliphatic heterocycles. The lowest BCUT2D eigenvalue weighted by atomic mass is 10.3. The molecule has 0 saturated heterocycles. The molecule has 0 unspecified atom stereocenters. The van der Waals surface area contributed by atoms with Crippen LogP contribution in [-0.2, 0) is 13.6 Å². The fraction of sp³-hybridized carbons (Fsp3) is 0.250. The van der Waals surface area contributed by atoms with E-state index in [0.29, 0.717) is 11.4 Å². The van der Waals surface area contributed by atoms with Gasteiger partial charge in [-0.25, -0.2) is 4.98 Å². The number of rotatable bonds is 4. The van der Waals surface area contributed by atoms with E-state index in [0.717, 1.165) is 27.7 Å². The number of nitrogens with one attached hydrogen (secondary N) is 1. The SMILES string of the molecule is Cc1cc(CNC(=O)c2sc(-c3cccnc3)nc2C)n(C)n1. The number of thiazole rings is 1. The number of amides is 1. The van der Waals surface area contributed by atoms with Gasteiger partial charge in [0.1, 0.15) is 9.88 Å². The van der Waals surface area contributed by atoms with Gasteiger partial charge in [0.05, 0.1) is 23.6 Å². The summed E-state index contributed by atoms with van der Waals surface area (Å²) >= 11 is 1.38. The molecule has 118 valence electrons. The zero-order chi connectivity index (χ0) is 16.4. The van der Waals surface area contributed by atoms with Crippen LogP contribution in [0.5, 0.6) is 0 Å². The number of nitrogens with zero attached hydrogens (tertiary/aromatic N) is 4. The molecule has 7 heteroatoms. The molecule has 0 spiro atoms. The normalized spacial score (nSPS) is 10.7. The maximum Gasteiger partial charge on any atom is 0.263 e. The molecule has 0 aliphatic carbocycles. The highest BCUT2D eigenvalue weighted by Gasteiger charge is 2.16. The second-order valence-corrected chi connectivity index (χ2v) is 6.26. The van der Waals surface area contributed by atoms with E-state index < -0.39 is 0 Å². The molecule has 0 atom stereocenters. The third-order valence-electron chi connectivity index (χ3n) is 3.44. The Hall–Kier alpha value is -2.54. The van der Waals surface area contributed by atoms with Crippen LogP contribution in [0, 0.1) is 13.8 Å². The molecule has 1 N–H and O–H groups in total. The summed E-state index contributed by atoms with van der Waals surface area (Å²) in [5.74, 6) is -0.117. The largest absolute Gasteiger partial charge is 0.346 e. The molecule has 1 amide bonds. The fourth-order valence-electron chi connectivity index (χ4n) is 2.30. The van der Waals surface area contributed by atoms with Gasteiger partial charge in [0.25, 0.3) is 5.91 Å². The van der Waals surface area contributed by atoms with E-state index in [-0.39, 0.29) is 5.91 Å². The topological polar surface area (TPSA) is 72.7 Å². The van der Waals surface area contributed by atoms with E-state index in [1.807, 2.05) is 39.1 Å². The van der Waals surface area contributed by atoms with Crippen molar-refractivity contribution < 1.29 is 4.79 Å². The van der Waals surface area contributed by atoms with Gasteiger partial charge in [0.15, 0.2) is 0 Å². The molecule has 0 aromatic carbocycles. The van der Waals surface area contributed by atoms with Crippen molar-refractivity contribution in [3.63, 3.8) is 0 Å². The minimum Gasteiger partial charge on any atom is -0.346 e. The summed E-state index contributed by atoms with van der Waals surface area (Å²) in [6.07, 6.45) is 3.46. The second kappa shape index (κ2) is 6.29. The third-order valence-corrected chi connectivity index (χ3v) is 4.65. The first kappa shape index (κ1) is 15.4. The van der Waals surface area contributed by atoms with Gasteiger partial charge in [-0.05, 0) is 32.0 Å². The number of aryl methyl sites for hydroxylation is 3. The van der Waals surface area contributed by atoms with Crippen molar-refractivity contribution in [2.45, 2.75) is 20.4 Å². The highest BCUT2D eigenvalue weighted by molar-refractivity contribution is 7.17. The molecule has 0 aliphatic rings. The van der Waals surface area contributed by atoms with Crippen LogP contribution in [0.2, 0.25) is 0 Å². The number of carbonyl (C=O) groups excluding carboxylic acids is 1. The van der Waals surface area contributed by atoms with Crippen molar-refractivity contribution in [1.29, 1.82) is 0 Å². The van der Waals surface area contributed by atoms with Crippen LogP contribution < -0.4 is 5.32 Å². The van der Waals surface area contributed by atoms with E-state index in [4.69, 9.17) is 0 Å². The first-order valence-electron chi connectivity index (χ1n) is 7.20. The Morgan fingerprint density at radius 3 is 2.87 bits per heavy atom. The Labute approximate surface area is 138 Å². The highest BCUT2D eigenvalue weighted by atomic mass is 32.1. The first-order chi connectivity index (χ1) is 11.0. The molecule has 0 saturated carbocycles.